The Labute approximate surface area is 116 Å². The minimum atomic E-state index is -0.534. The number of nitrogens with zero attached hydrogens (tertiary/aromatic N) is 2. The maximum absolute atomic E-state index is 12.5. The largest absolute Gasteiger partial charge is 0.336 e. The number of rotatable bonds is 4. The Kier molecular flexibility index (Phi) is 4.19. The lowest BCUT2D eigenvalue weighted by atomic mass is 10.1. The zero-order chi connectivity index (χ0) is 14.7. The van der Waals surface area contributed by atoms with Gasteiger partial charge in [-0.1, -0.05) is 6.92 Å². The zero-order valence-electron chi connectivity index (χ0n) is 11.3. The molecule has 20 heavy (non-hydrogen) atoms. The molecule has 1 aliphatic heterocycles. The number of nitro benzene ring substituents is 1. The van der Waals surface area contributed by atoms with E-state index in [1.807, 2.05) is 4.90 Å². The highest BCUT2D eigenvalue weighted by atomic mass is 16.6. The van der Waals surface area contributed by atoms with Gasteiger partial charge in [0.1, 0.15) is 5.69 Å². The van der Waals surface area contributed by atoms with E-state index >= 15 is 0 Å². The fourth-order valence-electron chi connectivity index (χ4n) is 2.64. The number of carbonyl (C=O) groups is 1. The summed E-state index contributed by atoms with van der Waals surface area (Å²) in [5.41, 5.74) is 2.70. The predicted octanol–water partition coefficient (Wildman–Crippen LogP) is 1.90. The summed E-state index contributed by atoms with van der Waals surface area (Å²) >= 11 is 0. The lowest BCUT2D eigenvalue weighted by Crippen LogP contribution is -2.35. The number of likely N-dealkylation sites (tertiary alicyclic amines) is 1. The van der Waals surface area contributed by atoms with Gasteiger partial charge < -0.3 is 10.3 Å². The second kappa shape index (κ2) is 5.87. The van der Waals surface area contributed by atoms with E-state index in [2.05, 4.69) is 12.3 Å². The van der Waals surface area contributed by atoms with Crippen LogP contribution < -0.4 is 11.3 Å². The van der Waals surface area contributed by atoms with Crippen molar-refractivity contribution in [2.75, 3.05) is 12.0 Å². The van der Waals surface area contributed by atoms with E-state index in [-0.39, 0.29) is 23.3 Å². The SMILES string of the molecule is CCC1CCCN1C(=O)c1ccc([N+](=O)[O-])c(NN)c1. The van der Waals surface area contributed by atoms with E-state index in [0.29, 0.717) is 5.56 Å². The third kappa shape index (κ3) is 2.57. The number of amides is 1. The Morgan fingerprint density at radius 2 is 2.35 bits per heavy atom. The first-order valence-electron chi connectivity index (χ1n) is 6.64. The molecular formula is C13H18N4O3. The number of carbonyl (C=O) groups excluding carboxylic acids is 1. The van der Waals surface area contributed by atoms with Gasteiger partial charge in [-0.3, -0.25) is 20.8 Å². The number of benzene rings is 1. The fraction of sp³-hybridized carbons (Fsp3) is 0.462. The molecule has 1 unspecified atom stereocenters. The molecule has 0 aromatic heterocycles. The second-order valence-electron chi connectivity index (χ2n) is 4.84. The van der Waals surface area contributed by atoms with E-state index < -0.39 is 4.92 Å². The highest BCUT2D eigenvalue weighted by Crippen LogP contribution is 2.27. The van der Waals surface area contributed by atoms with Crippen molar-refractivity contribution in [3.63, 3.8) is 0 Å². The van der Waals surface area contributed by atoms with Gasteiger partial charge in [-0.05, 0) is 31.4 Å². The summed E-state index contributed by atoms with van der Waals surface area (Å²) in [7, 11) is 0. The Morgan fingerprint density at radius 1 is 1.60 bits per heavy atom. The number of anilines is 1. The quantitative estimate of drug-likeness (QED) is 0.497. The average molecular weight is 278 g/mol. The van der Waals surface area contributed by atoms with Gasteiger partial charge in [-0.15, -0.1) is 0 Å². The van der Waals surface area contributed by atoms with E-state index in [0.717, 1.165) is 25.8 Å². The van der Waals surface area contributed by atoms with Crippen LogP contribution in [0.15, 0.2) is 18.2 Å². The molecule has 108 valence electrons. The molecule has 0 aliphatic carbocycles. The van der Waals surface area contributed by atoms with Crippen molar-refractivity contribution in [2.24, 2.45) is 5.84 Å². The first-order chi connectivity index (χ1) is 9.58. The number of hydrogen-bond acceptors (Lipinski definition) is 5. The van der Waals surface area contributed by atoms with Gasteiger partial charge in [0, 0.05) is 24.2 Å². The highest BCUT2D eigenvalue weighted by Gasteiger charge is 2.28. The number of nitrogens with two attached hydrogens (primary N) is 1. The van der Waals surface area contributed by atoms with Crippen LogP contribution in [0.1, 0.15) is 36.5 Å². The summed E-state index contributed by atoms with van der Waals surface area (Å²) in [5, 5.41) is 10.8. The van der Waals surface area contributed by atoms with E-state index in [1.165, 1.54) is 18.2 Å². The predicted molar refractivity (Wildman–Crippen MR) is 75.3 cm³/mol. The van der Waals surface area contributed by atoms with E-state index in [1.54, 1.807) is 0 Å². The molecule has 7 heteroatoms. The summed E-state index contributed by atoms with van der Waals surface area (Å²) in [6, 6.07) is 4.48. The Morgan fingerprint density at radius 3 is 2.95 bits per heavy atom. The van der Waals surface area contributed by atoms with E-state index in [9.17, 15) is 14.9 Å². The van der Waals surface area contributed by atoms with Gasteiger partial charge in [0.25, 0.3) is 11.6 Å². The minimum absolute atomic E-state index is 0.0965. The van der Waals surface area contributed by atoms with Crippen LogP contribution in [0.25, 0.3) is 0 Å². The van der Waals surface area contributed by atoms with Crippen molar-refractivity contribution in [1.82, 2.24) is 4.90 Å². The third-order valence-electron chi connectivity index (χ3n) is 3.70. The lowest BCUT2D eigenvalue weighted by Gasteiger charge is -2.23. The van der Waals surface area contributed by atoms with Crippen molar-refractivity contribution in [3.05, 3.63) is 33.9 Å². The zero-order valence-corrected chi connectivity index (χ0v) is 11.3. The van der Waals surface area contributed by atoms with Crippen LogP contribution in [-0.2, 0) is 0 Å². The van der Waals surface area contributed by atoms with Gasteiger partial charge in [0.2, 0.25) is 0 Å². The Balaban J connectivity index is 2.29. The van der Waals surface area contributed by atoms with Crippen LogP contribution in [0.5, 0.6) is 0 Å². The van der Waals surface area contributed by atoms with Crippen molar-refractivity contribution in [1.29, 1.82) is 0 Å². The number of nitrogens with one attached hydrogen (secondary N) is 1. The fourth-order valence-corrected chi connectivity index (χ4v) is 2.64. The molecule has 3 N–H and O–H groups in total. The van der Waals surface area contributed by atoms with Crippen LogP contribution in [0, 0.1) is 10.1 Å². The van der Waals surface area contributed by atoms with E-state index in [4.69, 9.17) is 5.84 Å². The molecule has 1 aromatic rings. The average Bonchev–Trinajstić information content (AvgIpc) is 2.93. The molecule has 1 atom stereocenters. The molecule has 2 rings (SSSR count). The first kappa shape index (κ1) is 14.3. The molecule has 1 aliphatic rings. The molecule has 1 amide bonds. The van der Waals surface area contributed by atoms with Gasteiger partial charge in [0.05, 0.1) is 4.92 Å². The highest BCUT2D eigenvalue weighted by molar-refractivity contribution is 5.96. The summed E-state index contributed by atoms with van der Waals surface area (Å²) in [6.07, 6.45) is 2.93. The molecule has 1 heterocycles. The van der Waals surface area contributed by atoms with Gasteiger partial charge in [-0.2, -0.15) is 0 Å². The number of nitro groups is 1. The smallest absolute Gasteiger partial charge is 0.293 e. The lowest BCUT2D eigenvalue weighted by molar-refractivity contribution is -0.384. The van der Waals surface area contributed by atoms with Crippen LogP contribution in [0.4, 0.5) is 11.4 Å². The number of nitrogen functional groups attached to an aromatic ring is 1. The first-order valence-corrected chi connectivity index (χ1v) is 6.64. The summed E-state index contributed by atoms with van der Waals surface area (Å²) in [5.74, 6) is 5.19. The number of hydrogen-bond donors (Lipinski definition) is 2. The molecule has 0 bridgehead atoms. The Bertz CT molecular complexity index is 532. The molecular weight excluding hydrogens is 260 g/mol. The molecule has 0 saturated carbocycles. The van der Waals surface area contributed by atoms with Gasteiger partial charge >= 0.3 is 0 Å². The van der Waals surface area contributed by atoms with Crippen molar-refractivity contribution >= 4 is 17.3 Å². The van der Waals surface area contributed by atoms with Gasteiger partial charge in [0.15, 0.2) is 0 Å². The third-order valence-corrected chi connectivity index (χ3v) is 3.70. The second-order valence-corrected chi connectivity index (χ2v) is 4.84. The summed E-state index contributed by atoms with van der Waals surface area (Å²) < 4.78 is 0. The molecule has 1 fully saturated rings. The molecule has 1 aromatic carbocycles. The normalized spacial score (nSPS) is 18.1. The van der Waals surface area contributed by atoms with Crippen LogP contribution in [-0.4, -0.2) is 28.3 Å². The molecule has 0 spiro atoms. The van der Waals surface area contributed by atoms with Crippen molar-refractivity contribution in [2.45, 2.75) is 32.2 Å². The minimum Gasteiger partial charge on any atom is -0.336 e. The monoisotopic (exact) mass is 278 g/mol. The summed E-state index contributed by atoms with van der Waals surface area (Å²) in [4.78, 5) is 24.6. The maximum Gasteiger partial charge on any atom is 0.293 e. The standard InChI is InChI=1S/C13H18N4O3/c1-2-10-4-3-7-16(10)13(18)9-5-6-12(17(19)20)11(8-9)15-14/h5-6,8,10,15H,2-4,7,14H2,1H3. The molecule has 0 radical (unpaired) electrons. The molecule has 7 nitrogen and oxygen atoms in total. The maximum atomic E-state index is 12.5. The number of hydrazine groups is 1. The van der Waals surface area contributed by atoms with Crippen LogP contribution in [0.3, 0.4) is 0 Å². The molecule has 1 saturated heterocycles. The topological polar surface area (TPSA) is 102 Å². The van der Waals surface area contributed by atoms with Crippen LogP contribution in [0.2, 0.25) is 0 Å². The van der Waals surface area contributed by atoms with Gasteiger partial charge in [-0.25, -0.2) is 0 Å². The van der Waals surface area contributed by atoms with Crippen molar-refractivity contribution < 1.29 is 9.72 Å². The summed E-state index contributed by atoms with van der Waals surface area (Å²) in [6.45, 7) is 2.79. The van der Waals surface area contributed by atoms with Crippen molar-refractivity contribution in [3.8, 4) is 0 Å². The van der Waals surface area contributed by atoms with Crippen LogP contribution >= 0.6 is 0 Å². The Hall–Kier alpha value is -2.15.